The summed E-state index contributed by atoms with van der Waals surface area (Å²) in [6, 6.07) is 2.33. The number of piperidine rings is 1. The van der Waals surface area contributed by atoms with Gasteiger partial charge in [0.2, 0.25) is 5.91 Å². The molecule has 0 aliphatic carbocycles. The van der Waals surface area contributed by atoms with Crippen LogP contribution in [0.3, 0.4) is 0 Å². The van der Waals surface area contributed by atoms with Gasteiger partial charge in [0, 0.05) is 29.6 Å². The third-order valence-corrected chi connectivity index (χ3v) is 5.02. The molecule has 1 amide bonds. The topological polar surface area (TPSA) is 52.6 Å². The lowest BCUT2D eigenvalue weighted by atomic mass is 9.91. The number of likely N-dealkylation sites (tertiary alicyclic amines) is 1. The van der Waals surface area contributed by atoms with E-state index in [4.69, 9.17) is 5.11 Å². The molecular weight excluding hydrogens is 272 g/mol. The highest BCUT2D eigenvalue weighted by Crippen LogP contribution is 2.30. The molecule has 0 saturated carbocycles. The fourth-order valence-electron chi connectivity index (χ4n) is 3.13. The summed E-state index contributed by atoms with van der Waals surface area (Å²) in [5, 5.41) is 13.8. The number of aliphatic hydroxyl groups excluding tert-OH is 1. The number of hydrogen-bond donors (Lipinski definition) is 2. The van der Waals surface area contributed by atoms with Gasteiger partial charge in [0.15, 0.2) is 0 Å². The van der Waals surface area contributed by atoms with Crippen molar-refractivity contribution < 1.29 is 9.90 Å². The van der Waals surface area contributed by atoms with Gasteiger partial charge < -0.3 is 10.4 Å². The second-order valence-electron chi connectivity index (χ2n) is 5.25. The van der Waals surface area contributed by atoms with Gasteiger partial charge in [-0.2, -0.15) is 0 Å². The Morgan fingerprint density at radius 3 is 3.30 bits per heavy atom. The summed E-state index contributed by atoms with van der Waals surface area (Å²) in [7, 11) is 0. The number of fused-ring (bicyclic) bond motifs is 1. The van der Waals surface area contributed by atoms with E-state index in [1.54, 1.807) is 11.3 Å². The lowest BCUT2D eigenvalue weighted by Crippen LogP contribution is -2.44. The average Bonchev–Trinajstić information content (AvgIpc) is 3.05. The first-order valence-electron chi connectivity index (χ1n) is 6.97. The summed E-state index contributed by atoms with van der Waals surface area (Å²) in [5.41, 5.74) is 1.00. The van der Waals surface area contributed by atoms with Gasteiger partial charge in [-0.25, -0.2) is 0 Å². The molecule has 1 aromatic heterocycles. The van der Waals surface area contributed by atoms with Crippen LogP contribution in [0.25, 0.3) is 0 Å². The zero-order valence-corrected chi connectivity index (χ0v) is 12.1. The fourth-order valence-corrected chi connectivity index (χ4v) is 3.99. The van der Waals surface area contributed by atoms with Crippen LogP contribution in [0.4, 0.5) is 0 Å². The highest BCUT2D eigenvalue weighted by molar-refractivity contribution is 7.10. The molecule has 2 N–H and O–H groups in total. The largest absolute Gasteiger partial charge is 0.384 e. The smallest absolute Gasteiger partial charge is 0.224 e. The molecule has 1 aromatic rings. The molecule has 2 fully saturated rings. The Morgan fingerprint density at radius 1 is 1.55 bits per heavy atom. The van der Waals surface area contributed by atoms with E-state index in [9.17, 15) is 4.79 Å². The first kappa shape index (κ1) is 13.6. The van der Waals surface area contributed by atoms with Crippen LogP contribution in [-0.2, 0) is 11.3 Å². The van der Waals surface area contributed by atoms with Crippen LogP contribution in [0, 0.1) is 17.8 Å². The van der Waals surface area contributed by atoms with E-state index in [0.717, 1.165) is 38.0 Å². The number of thiophene rings is 1. The second-order valence-corrected chi connectivity index (χ2v) is 6.25. The number of rotatable bonds is 2. The molecule has 0 spiro atoms. The Bertz CT molecular complexity index is 558. The van der Waals surface area contributed by atoms with Crippen LogP contribution in [0.15, 0.2) is 11.4 Å². The van der Waals surface area contributed by atoms with E-state index in [-0.39, 0.29) is 18.4 Å². The summed E-state index contributed by atoms with van der Waals surface area (Å²) in [6.45, 7) is 2.55. The van der Waals surface area contributed by atoms with Crippen molar-refractivity contribution >= 4 is 17.2 Å². The molecule has 3 rings (SSSR count). The Hall–Kier alpha value is -1.35. The first-order valence-corrected chi connectivity index (χ1v) is 7.85. The highest BCUT2D eigenvalue weighted by atomic mass is 32.1. The van der Waals surface area contributed by atoms with Gasteiger partial charge in [-0.3, -0.25) is 9.69 Å². The van der Waals surface area contributed by atoms with Crippen LogP contribution in [0.1, 0.15) is 23.3 Å². The molecule has 20 heavy (non-hydrogen) atoms. The molecule has 2 saturated heterocycles. The number of nitrogens with one attached hydrogen (secondary N) is 1. The molecular formula is C15H18N2O2S. The number of carbonyl (C=O) groups excluding carboxylic acids is 1. The molecule has 0 radical (unpaired) electrons. The van der Waals surface area contributed by atoms with E-state index in [0.29, 0.717) is 6.04 Å². The Balaban J connectivity index is 1.74. The monoisotopic (exact) mass is 290 g/mol. The maximum atomic E-state index is 11.8. The Labute approximate surface area is 122 Å². The molecule has 4 nitrogen and oxygen atoms in total. The predicted octanol–water partition coefficient (Wildman–Crippen LogP) is 0.802. The number of amides is 1. The predicted molar refractivity (Wildman–Crippen MR) is 78.2 cm³/mol. The normalized spacial score (nSPS) is 25.8. The quantitative estimate of drug-likeness (QED) is 0.792. The lowest BCUT2D eigenvalue weighted by Gasteiger charge is -2.35. The van der Waals surface area contributed by atoms with Gasteiger partial charge in [0.1, 0.15) is 6.61 Å². The molecule has 0 bridgehead atoms. The number of carbonyl (C=O) groups is 1. The summed E-state index contributed by atoms with van der Waals surface area (Å²) in [5.74, 6) is 6.09. The van der Waals surface area contributed by atoms with Gasteiger partial charge >= 0.3 is 0 Å². The van der Waals surface area contributed by atoms with Crippen molar-refractivity contribution in [2.45, 2.75) is 25.4 Å². The van der Waals surface area contributed by atoms with E-state index in [1.165, 1.54) is 4.88 Å². The molecule has 2 aliphatic rings. The van der Waals surface area contributed by atoms with Crippen molar-refractivity contribution in [1.82, 2.24) is 10.2 Å². The molecule has 3 heterocycles. The maximum Gasteiger partial charge on any atom is 0.224 e. The van der Waals surface area contributed by atoms with Crippen LogP contribution in [0.5, 0.6) is 0 Å². The van der Waals surface area contributed by atoms with Crippen LogP contribution in [-0.4, -0.2) is 41.7 Å². The minimum Gasteiger partial charge on any atom is -0.384 e. The van der Waals surface area contributed by atoms with Gasteiger partial charge in [-0.1, -0.05) is 11.8 Å². The standard InChI is InChI=1S/C15H18N2O2S/c18-7-2-3-11-5-8-20-14(11)10-17-6-1-4-12-13(17)9-16-15(12)19/h5,8,12-13,18H,1,4,6-7,9-10H2,(H,16,19). The van der Waals surface area contributed by atoms with Crippen LogP contribution in [0.2, 0.25) is 0 Å². The Morgan fingerprint density at radius 2 is 2.45 bits per heavy atom. The van der Waals surface area contributed by atoms with Crippen molar-refractivity contribution in [2.24, 2.45) is 5.92 Å². The van der Waals surface area contributed by atoms with Crippen LogP contribution < -0.4 is 5.32 Å². The van der Waals surface area contributed by atoms with Crippen molar-refractivity contribution in [3.63, 3.8) is 0 Å². The third-order valence-electron chi connectivity index (χ3n) is 4.11. The van der Waals surface area contributed by atoms with Gasteiger partial charge in [-0.05, 0) is 30.8 Å². The van der Waals surface area contributed by atoms with Crippen molar-refractivity contribution in [3.8, 4) is 11.8 Å². The summed E-state index contributed by atoms with van der Waals surface area (Å²) >= 11 is 1.70. The third kappa shape index (κ3) is 2.59. The van der Waals surface area contributed by atoms with Crippen molar-refractivity contribution in [2.75, 3.05) is 19.7 Å². The molecule has 0 aromatic carbocycles. The molecule has 2 atom stereocenters. The van der Waals surface area contributed by atoms with Crippen LogP contribution >= 0.6 is 11.3 Å². The van der Waals surface area contributed by atoms with Gasteiger partial charge in [0.05, 0.1) is 5.92 Å². The van der Waals surface area contributed by atoms with Gasteiger partial charge in [-0.15, -0.1) is 11.3 Å². The summed E-state index contributed by atoms with van der Waals surface area (Å²) < 4.78 is 0. The summed E-state index contributed by atoms with van der Waals surface area (Å²) in [4.78, 5) is 15.4. The second kappa shape index (κ2) is 5.96. The minimum absolute atomic E-state index is 0.109. The zero-order valence-electron chi connectivity index (χ0n) is 11.3. The maximum absolute atomic E-state index is 11.8. The van der Waals surface area contributed by atoms with Gasteiger partial charge in [0.25, 0.3) is 0 Å². The molecule has 5 heteroatoms. The molecule has 2 aliphatic heterocycles. The lowest BCUT2D eigenvalue weighted by molar-refractivity contribution is -0.124. The number of aliphatic hydroxyl groups is 1. The van der Waals surface area contributed by atoms with Crippen molar-refractivity contribution in [1.29, 1.82) is 0 Å². The van der Waals surface area contributed by atoms with E-state index >= 15 is 0 Å². The molecule has 106 valence electrons. The van der Waals surface area contributed by atoms with E-state index < -0.39 is 0 Å². The van der Waals surface area contributed by atoms with Crippen molar-refractivity contribution in [3.05, 3.63) is 21.9 Å². The minimum atomic E-state index is -0.109. The average molecular weight is 290 g/mol. The highest BCUT2D eigenvalue weighted by Gasteiger charge is 2.40. The molecule has 2 unspecified atom stereocenters. The van der Waals surface area contributed by atoms with E-state index in [2.05, 4.69) is 22.1 Å². The number of hydrogen-bond acceptors (Lipinski definition) is 4. The zero-order chi connectivity index (χ0) is 13.9. The SMILES string of the molecule is O=C1NCC2C1CCCN2Cc1sccc1C#CCO. The summed E-state index contributed by atoms with van der Waals surface area (Å²) in [6.07, 6.45) is 2.09. The fraction of sp³-hybridized carbons (Fsp3) is 0.533. The number of nitrogens with zero attached hydrogens (tertiary/aromatic N) is 1. The first-order chi connectivity index (χ1) is 9.79. The Kier molecular flexibility index (Phi) is 4.06. The van der Waals surface area contributed by atoms with E-state index in [1.807, 2.05) is 11.4 Å².